The molecule has 2 heterocycles. The number of para-hydroxylation sites is 2. The molecule has 1 aliphatic rings. The molecule has 0 N–H and O–H groups in total. The highest BCUT2D eigenvalue weighted by Gasteiger charge is 2.34. The maximum Gasteiger partial charge on any atom is 0.223 e. The largest absolute Gasteiger partial charge is 0.497 e. The molecule has 1 saturated heterocycles. The van der Waals surface area contributed by atoms with Crippen molar-refractivity contribution in [1.82, 2.24) is 14.5 Å². The van der Waals surface area contributed by atoms with E-state index in [2.05, 4.69) is 35.8 Å². The fourth-order valence-corrected chi connectivity index (χ4v) is 6.51. The van der Waals surface area contributed by atoms with Crippen LogP contribution in [0.1, 0.15) is 133 Å². The fraction of sp³-hybridized carbons (Fsp3) is 0.622. The lowest BCUT2D eigenvalue weighted by Crippen LogP contribution is -2.24. The van der Waals surface area contributed by atoms with Crippen molar-refractivity contribution in [3.63, 3.8) is 0 Å². The Labute approximate surface area is 255 Å². The summed E-state index contributed by atoms with van der Waals surface area (Å²) in [7, 11) is 1.68. The summed E-state index contributed by atoms with van der Waals surface area (Å²) in [6.45, 7) is 4.64. The first kappa shape index (κ1) is 32.1. The summed E-state index contributed by atoms with van der Waals surface area (Å²) in [4.78, 5) is 20.0. The third-order valence-electron chi connectivity index (χ3n) is 9.03. The van der Waals surface area contributed by atoms with E-state index in [0.29, 0.717) is 13.0 Å². The topological polar surface area (TPSA) is 47.4 Å². The van der Waals surface area contributed by atoms with Gasteiger partial charge in [0.2, 0.25) is 5.91 Å². The summed E-state index contributed by atoms with van der Waals surface area (Å²) >= 11 is 0. The smallest absolute Gasteiger partial charge is 0.223 e. The third-order valence-corrected chi connectivity index (χ3v) is 9.03. The van der Waals surface area contributed by atoms with Crippen molar-refractivity contribution in [2.45, 2.75) is 135 Å². The van der Waals surface area contributed by atoms with Crippen LogP contribution in [0.15, 0.2) is 48.5 Å². The number of rotatable bonds is 21. The van der Waals surface area contributed by atoms with Gasteiger partial charge in [-0.25, -0.2) is 4.98 Å². The minimum absolute atomic E-state index is 0.143. The Morgan fingerprint density at radius 2 is 1.33 bits per heavy atom. The molecular formula is C37H55N3O2. The summed E-state index contributed by atoms with van der Waals surface area (Å²) in [6, 6.07) is 16.5. The van der Waals surface area contributed by atoms with Crippen molar-refractivity contribution in [2.75, 3.05) is 13.7 Å². The number of amides is 1. The summed E-state index contributed by atoms with van der Waals surface area (Å²) in [5.41, 5.74) is 3.38. The van der Waals surface area contributed by atoms with Crippen molar-refractivity contribution in [3.05, 3.63) is 59.9 Å². The number of fused-ring (bicyclic) bond motifs is 1. The van der Waals surface area contributed by atoms with Gasteiger partial charge in [-0.1, -0.05) is 128 Å². The molecule has 0 bridgehead atoms. The van der Waals surface area contributed by atoms with Crippen LogP contribution in [0.25, 0.3) is 11.0 Å². The monoisotopic (exact) mass is 573 g/mol. The van der Waals surface area contributed by atoms with Crippen molar-refractivity contribution >= 4 is 16.9 Å². The zero-order valence-corrected chi connectivity index (χ0v) is 26.5. The minimum Gasteiger partial charge on any atom is -0.497 e. The van der Waals surface area contributed by atoms with Crippen molar-refractivity contribution in [3.8, 4) is 5.75 Å². The van der Waals surface area contributed by atoms with E-state index in [9.17, 15) is 4.79 Å². The van der Waals surface area contributed by atoms with Crippen LogP contribution in [0.5, 0.6) is 5.75 Å². The Balaban J connectivity index is 1.16. The Bertz CT molecular complexity index is 1190. The number of methoxy groups -OCH3 is 1. The normalized spacial score (nSPS) is 15.2. The van der Waals surface area contributed by atoms with E-state index < -0.39 is 0 Å². The highest BCUT2D eigenvalue weighted by molar-refractivity contribution is 5.81. The molecule has 5 heteroatoms. The van der Waals surface area contributed by atoms with Crippen molar-refractivity contribution in [1.29, 1.82) is 0 Å². The Kier molecular flexibility index (Phi) is 13.7. The first-order chi connectivity index (χ1) is 20.7. The van der Waals surface area contributed by atoms with Gasteiger partial charge in [-0.3, -0.25) is 4.79 Å². The molecule has 0 spiro atoms. The summed E-state index contributed by atoms with van der Waals surface area (Å²) in [5.74, 6) is 2.29. The molecule has 0 radical (unpaired) electrons. The van der Waals surface area contributed by atoms with Gasteiger partial charge >= 0.3 is 0 Å². The van der Waals surface area contributed by atoms with Crippen molar-refractivity contribution < 1.29 is 9.53 Å². The van der Waals surface area contributed by atoms with E-state index >= 15 is 0 Å². The van der Waals surface area contributed by atoms with E-state index in [1.165, 1.54) is 108 Å². The summed E-state index contributed by atoms with van der Waals surface area (Å²) in [6.07, 6.45) is 22.6. The van der Waals surface area contributed by atoms with Gasteiger partial charge < -0.3 is 14.2 Å². The number of carbonyl (C=O) groups excluding carboxylic acids is 1. The zero-order valence-electron chi connectivity index (χ0n) is 26.5. The predicted molar refractivity (Wildman–Crippen MR) is 175 cm³/mol. The van der Waals surface area contributed by atoms with Crippen LogP contribution in [-0.4, -0.2) is 34.0 Å². The molecule has 0 aliphatic carbocycles. The molecule has 4 rings (SSSR count). The maximum atomic E-state index is 13.0. The van der Waals surface area contributed by atoms with Gasteiger partial charge in [0.05, 0.1) is 18.1 Å². The standard InChI is InChI=1S/C37H55N3O2/c1-3-4-5-6-7-8-9-10-11-12-13-14-15-16-17-20-27-40-35-22-19-18-21-34(35)38-37(40)32-28-36(41)39(30-32)29-31-23-25-33(42-2)26-24-31/h18-19,21-26,32H,3-17,20,27-30H2,1-2H3. The number of hydrogen-bond donors (Lipinski definition) is 0. The molecule has 1 aliphatic heterocycles. The number of hydrogen-bond acceptors (Lipinski definition) is 3. The highest BCUT2D eigenvalue weighted by Crippen LogP contribution is 2.32. The summed E-state index contributed by atoms with van der Waals surface area (Å²) in [5, 5.41) is 0. The van der Waals surface area contributed by atoms with E-state index in [-0.39, 0.29) is 11.8 Å². The van der Waals surface area contributed by atoms with Gasteiger partial charge in [0.1, 0.15) is 11.6 Å². The zero-order chi connectivity index (χ0) is 29.4. The number of nitrogens with zero attached hydrogens (tertiary/aromatic N) is 3. The molecule has 5 nitrogen and oxygen atoms in total. The molecule has 1 aromatic heterocycles. The Hall–Kier alpha value is -2.82. The fourth-order valence-electron chi connectivity index (χ4n) is 6.51. The molecule has 42 heavy (non-hydrogen) atoms. The molecule has 1 unspecified atom stereocenters. The lowest BCUT2D eigenvalue weighted by molar-refractivity contribution is -0.128. The second-order valence-corrected chi connectivity index (χ2v) is 12.4. The van der Waals surface area contributed by atoms with Gasteiger partial charge in [0.25, 0.3) is 0 Å². The molecule has 1 atom stereocenters. The Morgan fingerprint density at radius 3 is 1.93 bits per heavy atom. The number of unbranched alkanes of at least 4 members (excludes halogenated alkanes) is 15. The Morgan fingerprint density at radius 1 is 0.762 bits per heavy atom. The van der Waals surface area contributed by atoms with Gasteiger partial charge in [-0.05, 0) is 36.2 Å². The lowest BCUT2D eigenvalue weighted by atomic mass is 10.0. The predicted octanol–water partition coefficient (Wildman–Crippen LogP) is 9.82. The molecule has 230 valence electrons. The van der Waals surface area contributed by atoms with Gasteiger partial charge in [0.15, 0.2) is 0 Å². The van der Waals surface area contributed by atoms with Crippen LogP contribution in [0, 0.1) is 0 Å². The molecule has 2 aromatic carbocycles. The molecule has 0 saturated carbocycles. The average molecular weight is 574 g/mol. The maximum absolute atomic E-state index is 13.0. The van der Waals surface area contributed by atoms with E-state index in [1.54, 1.807) is 7.11 Å². The molecule has 1 amide bonds. The van der Waals surface area contributed by atoms with Crippen LogP contribution in [-0.2, 0) is 17.9 Å². The number of aromatic nitrogens is 2. The van der Waals surface area contributed by atoms with Crippen LogP contribution in [0.4, 0.5) is 0 Å². The molecule has 1 fully saturated rings. The number of carbonyl (C=O) groups is 1. The first-order valence-corrected chi connectivity index (χ1v) is 17.1. The number of imidazole rings is 1. The summed E-state index contributed by atoms with van der Waals surface area (Å²) < 4.78 is 7.69. The molecular weight excluding hydrogens is 518 g/mol. The second-order valence-electron chi connectivity index (χ2n) is 12.4. The van der Waals surface area contributed by atoms with Crippen LogP contribution in [0.2, 0.25) is 0 Å². The lowest BCUT2D eigenvalue weighted by Gasteiger charge is -2.18. The highest BCUT2D eigenvalue weighted by atomic mass is 16.5. The van der Waals surface area contributed by atoms with Crippen molar-refractivity contribution in [2.24, 2.45) is 0 Å². The van der Waals surface area contributed by atoms with Crippen LogP contribution < -0.4 is 4.74 Å². The molecule has 3 aromatic rings. The number of likely N-dealkylation sites (tertiary alicyclic amines) is 1. The van der Waals surface area contributed by atoms with Gasteiger partial charge in [-0.15, -0.1) is 0 Å². The van der Waals surface area contributed by atoms with Crippen LogP contribution in [0.3, 0.4) is 0 Å². The van der Waals surface area contributed by atoms with Gasteiger partial charge in [-0.2, -0.15) is 0 Å². The first-order valence-electron chi connectivity index (χ1n) is 17.1. The van der Waals surface area contributed by atoms with E-state index in [4.69, 9.17) is 9.72 Å². The average Bonchev–Trinajstić information content (AvgIpc) is 3.57. The number of aryl methyl sites for hydroxylation is 1. The SMILES string of the molecule is CCCCCCCCCCCCCCCCCCn1c(C2CC(=O)N(Cc3ccc(OC)cc3)C2)nc2ccccc21. The quantitative estimate of drug-likeness (QED) is 0.119. The van der Waals surface area contributed by atoms with Gasteiger partial charge in [0, 0.05) is 32.0 Å². The van der Waals surface area contributed by atoms with E-state index in [1.807, 2.05) is 29.2 Å². The van der Waals surface area contributed by atoms with E-state index in [0.717, 1.165) is 35.7 Å². The second kappa shape index (κ2) is 18.0. The third kappa shape index (κ3) is 9.88. The number of benzene rings is 2. The van der Waals surface area contributed by atoms with Crippen LogP contribution >= 0.6 is 0 Å². The minimum atomic E-state index is 0.143. The number of ether oxygens (including phenoxy) is 1.